The van der Waals surface area contributed by atoms with Crippen LogP contribution in [0.5, 0.6) is 5.75 Å². The molecule has 140 valence electrons. The first-order chi connectivity index (χ1) is 12.1. The third-order valence-corrected chi connectivity index (χ3v) is 3.67. The fraction of sp³-hybridized carbons (Fsp3) is 0.263. The SMILES string of the molecule is CN=C(NCc1cccc(C(N)=O)c1)N(C)CCOc1ccccc1.I. The Morgan fingerprint density at radius 3 is 2.58 bits per heavy atom. The van der Waals surface area contributed by atoms with Crippen LogP contribution in [0.3, 0.4) is 0 Å². The summed E-state index contributed by atoms with van der Waals surface area (Å²) in [5.74, 6) is 1.17. The van der Waals surface area contributed by atoms with Crippen LogP contribution in [0.4, 0.5) is 0 Å². The molecule has 2 aromatic carbocycles. The maximum Gasteiger partial charge on any atom is 0.248 e. The van der Waals surface area contributed by atoms with Crippen LogP contribution >= 0.6 is 24.0 Å². The van der Waals surface area contributed by atoms with Gasteiger partial charge in [0, 0.05) is 26.2 Å². The molecule has 0 heterocycles. The van der Waals surface area contributed by atoms with Gasteiger partial charge in [0.2, 0.25) is 5.91 Å². The number of guanidine groups is 1. The fourth-order valence-electron chi connectivity index (χ4n) is 2.32. The Kier molecular flexibility index (Phi) is 9.50. The van der Waals surface area contributed by atoms with E-state index in [1.54, 1.807) is 19.2 Å². The molecule has 0 atom stereocenters. The molecule has 0 saturated heterocycles. The lowest BCUT2D eigenvalue weighted by atomic mass is 10.1. The van der Waals surface area contributed by atoms with Gasteiger partial charge in [-0.2, -0.15) is 0 Å². The van der Waals surface area contributed by atoms with Gasteiger partial charge in [-0.3, -0.25) is 9.79 Å². The van der Waals surface area contributed by atoms with Crippen molar-refractivity contribution in [2.45, 2.75) is 6.54 Å². The Labute approximate surface area is 171 Å². The number of hydrogen-bond donors (Lipinski definition) is 2. The van der Waals surface area contributed by atoms with Gasteiger partial charge < -0.3 is 20.7 Å². The number of halogens is 1. The quantitative estimate of drug-likeness (QED) is 0.372. The Balaban J connectivity index is 0.00000338. The van der Waals surface area contributed by atoms with E-state index in [4.69, 9.17) is 10.5 Å². The highest BCUT2D eigenvalue weighted by Gasteiger charge is 2.07. The molecule has 0 unspecified atom stereocenters. The number of nitrogens with two attached hydrogens (primary N) is 1. The lowest BCUT2D eigenvalue weighted by Crippen LogP contribution is -2.40. The van der Waals surface area contributed by atoms with E-state index in [1.807, 2.05) is 54.4 Å². The first-order valence-electron chi connectivity index (χ1n) is 8.08. The van der Waals surface area contributed by atoms with Crippen molar-refractivity contribution >= 4 is 35.8 Å². The number of nitrogens with one attached hydrogen (secondary N) is 1. The lowest BCUT2D eigenvalue weighted by molar-refractivity contribution is 0.1000. The van der Waals surface area contributed by atoms with E-state index in [1.165, 1.54) is 0 Å². The molecule has 0 radical (unpaired) electrons. The van der Waals surface area contributed by atoms with Gasteiger partial charge in [0.15, 0.2) is 5.96 Å². The molecule has 0 spiro atoms. The highest BCUT2D eigenvalue weighted by Crippen LogP contribution is 2.08. The molecule has 0 aliphatic carbocycles. The Bertz CT molecular complexity index is 722. The van der Waals surface area contributed by atoms with Gasteiger partial charge in [-0.25, -0.2) is 0 Å². The number of carbonyl (C=O) groups is 1. The second-order valence-corrected chi connectivity index (χ2v) is 5.55. The van der Waals surface area contributed by atoms with Gasteiger partial charge in [0.25, 0.3) is 0 Å². The van der Waals surface area contributed by atoms with Crippen LogP contribution in [0, 0.1) is 0 Å². The average molecular weight is 468 g/mol. The van der Waals surface area contributed by atoms with Crippen LogP contribution in [0.25, 0.3) is 0 Å². The molecule has 0 bridgehead atoms. The van der Waals surface area contributed by atoms with E-state index < -0.39 is 5.91 Å². The molecule has 7 heteroatoms. The molecule has 0 saturated carbocycles. The van der Waals surface area contributed by atoms with E-state index in [2.05, 4.69) is 10.3 Å². The number of benzene rings is 2. The Hall–Kier alpha value is -2.29. The molecule has 0 aromatic heterocycles. The molecule has 0 aliphatic heterocycles. The molecule has 3 N–H and O–H groups in total. The summed E-state index contributed by atoms with van der Waals surface area (Å²) in [5.41, 5.74) is 6.77. The Morgan fingerprint density at radius 2 is 1.92 bits per heavy atom. The number of ether oxygens (including phenoxy) is 1. The van der Waals surface area contributed by atoms with Gasteiger partial charge in [-0.15, -0.1) is 24.0 Å². The second-order valence-electron chi connectivity index (χ2n) is 5.55. The summed E-state index contributed by atoms with van der Waals surface area (Å²) in [6.07, 6.45) is 0. The molecular formula is C19H25IN4O2. The van der Waals surface area contributed by atoms with Gasteiger partial charge in [-0.05, 0) is 29.8 Å². The zero-order chi connectivity index (χ0) is 18.1. The predicted molar refractivity (Wildman–Crippen MR) is 115 cm³/mol. The molecule has 0 fully saturated rings. The third-order valence-electron chi connectivity index (χ3n) is 3.67. The van der Waals surface area contributed by atoms with Crippen LogP contribution in [0.2, 0.25) is 0 Å². The van der Waals surface area contributed by atoms with Gasteiger partial charge in [-0.1, -0.05) is 30.3 Å². The molecule has 26 heavy (non-hydrogen) atoms. The normalized spacial score (nSPS) is 10.6. The second kappa shape index (κ2) is 11.3. The minimum absolute atomic E-state index is 0. The smallest absolute Gasteiger partial charge is 0.248 e. The maximum atomic E-state index is 11.2. The van der Waals surface area contributed by atoms with E-state index in [0.717, 1.165) is 17.3 Å². The highest BCUT2D eigenvalue weighted by atomic mass is 127. The molecule has 2 rings (SSSR count). The number of hydrogen-bond acceptors (Lipinski definition) is 3. The van der Waals surface area contributed by atoms with E-state index in [9.17, 15) is 4.79 Å². The van der Waals surface area contributed by atoms with Crippen LogP contribution in [-0.4, -0.2) is 44.0 Å². The summed E-state index contributed by atoms with van der Waals surface area (Å²) in [4.78, 5) is 17.5. The number of aliphatic imine (C=N–C) groups is 1. The molecule has 0 aliphatic rings. The van der Waals surface area contributed by atoms with Crippen LogP contribution in [0.15, 0.2) is 59.6 Å². The van der Waals surface area contributed by atoms with Crippen molar-refractivity contribution in [3.05, 3.63) is 65.7 Å². The number of carbonyl (C=O) groups excluding carboxylic acids is 1. The third kappa shape index (κ3) is 6.91. The monoisotopic (exact) mass is 468 g/mol. The molecule has 1 amide bonds. The molecule has 6 nitrogen and oxygen atoms in total. The van der Waals surface area contributed by atoms with Crippen molar-refractivity contribution in [2.75, 3.05) is 27.2 Å². The zero-order valence-electron chi connectivity index (χ0n) is 15.0. The number of likely N-dealkylation sites (N-methyl/N-ethyl adjacent to an activating group) is 1. The van der Waals surface area contributed by atoms with Crippen molar-refractivity contribution in [3.8, 4) is 5.75 Å². The van der Waals surface area contributed by atoms with Crippen LogP contribution in [-0.2, 0) is 6.54 Å². The summed E-state index contributed by atoms with van der Waals surface area (Å²) in [6.45, 7) is 1.80. The minimum Gasteiger partial charge on any atom is -0.492 e. The number of para-hydroxylation sites is 1. The van der Waals surface area contributed by atoms with E-state index in [0.29, 0.717) is 25.3 Å². The number of nitrogens with zero attached hydrogens (tertiary/aromatic N) is 2. The maximum absolute atomic E-state index is 11.2. The van der Waals surface area contributed by atoms with E-state index in [-0.39, 0.29) is 24.0 Å². The van der Waals surface area contributed by atoms with Gasteiger partial charge in [0.05, 0.1) is 6.54 Å². The topological polar surface area (TPSA) is 79.9 Å². The fourth-order valence-corrected chi connectivity index (χ4v) is 2.32. The van der Waals surface area contributed by atoms with Crippen molar-refractivity contribution in [1.82, 2.24) is 10.2 Å². The zero-order valence-corrected chi connectivity index (χ0v) is 17.3. The lowest BCUT2D eigenvalue weighted by Gasteiger charge is -2.22. The average Bonchev–Trinajstić information content (AvgIpc) is 2.63. The van der Waals surface area contributed by atoms with Gasteiger partial charge >= 0.3 is 0 Å². The summed E-state index contributed by atoms with van der Waals surface area (Å²) in [5, 5.41) is 3.27. The largest absolute Gasteiger partial charge is 0.492 e. The summed E-state index contributed by atoms with van der Waals surface area (Å²) in [6, 6.07) is 16.9. The predicted octanol–water partition coefficient (Wildman–Crippen LogP) is 2.49. The van der Waals surface area contributed by atoms with Crippen LogP contribution < -0.4 is 15.8 Å². The van der Waals surface area contributed by atoms with Crippen molar-refractivity contribution in [1.29, 1.82) is 0 Å². The minimum atomic E-state index is -0.429. The van der Waals surface area contributed by atoms with Crippen molar-refractivity contribution in [2.24, 2.45) is 10.7 Å². The number of primary amides is 1. The van der Waals surface area contributed by atoms with Crippen LogP contribution in [0.1, 0.15) is 15.9 Å². The first-order valence-corrected chi connectivity index (χ1v) is 8.08. The first kappa shape index (κ1) is 21.8. The molecule has 2 aromatic rings. The summed E-state index contributed by atoms with van der Waals surface area (Å²) < 4.78 is 5.70. The standard InChI is InChI=1S/C19H24N4O2.HI/c1-21-19(22-14-15-7-6-8-16(13-15)18(20)24)23(2)11-12-25-17-9-4-3-5-10-17;/h3-10,13H,11-12,14H2,1-2H3,(H2,20,24)(H,21,22);1H. The van der Waals surface area contributed by atoms with Crippen molar-refractivity contribution < 1.29 is 9.53 Å². The highest BCUT2D eigenvalue weighted by molar-refractivity contribution is 14.0. The summed E-state index contributed by atoms with van der Waals surface area (Å²) >= 11 is 0. The van der Waals surface area contributed by atoms with Gasteiger partial charge in [0.1, 0.15) is 12.4 Å². The number of rotatable bonds is 7. The van der Waals surface area contributed by atoms with E-state index >= 15 is 0 Å². The number of amides is 1. The van der Waals surface area contributed by atoms with Crippen molar-refractivity contribution in [3.63, 3.8) is 0 Å². The summed E-state index contributed by atoms with van der Waals surface area (Å²) in [7, 11) is 3.68. The molecular weight excluding hydrogens is 443 g/mol. The Morgan fingerprint density at radius 1 is 1.19 bits per heavy atom.